The molecule has 1 saturated carbocycles. The lowest BCUT2D eigenvalue weighted by molar-refractivity contribution is 0.0527. The lowest BCUT2D eigenvalue weighted by Gasteiger charge is -2.28. The quantitative estimate of drug-likeness (QED) is 0.809. The normalized spacial score (nSPS) is 14.4. The van der Waals surface area contributed by atoms with Crippen LogP contribution in [0.2, 0.25) is 0 Å². The molecule has 1 heterocycles. The molecule has 0 atom stereocenters. The summed E-state index contributed by atoms with van der Waals surface area (Å²) in [6.45, 7) is 7.36. The number of rotatable bonds is 6. The van der Waals surface area contributed by atoms with E-state index in [-0.39, 0.29) is 5.97 Å². The highest BCUT2D eigenvalue weighted by Crippen LogP contribution is 2.32. The van der Waals surface area contributed by atoms with Crippen molar-refractivity contribution in [3.8, 4) is 0 Å². The van der Waals surface area contributed by atoms with Gasteiger partial charge in [-0.25, -0.2) is 9.78 Å². The van der Waals surface area contributed by atoms with Crippen LogP contribution >= 0.6 is 0 Å². The van der Waals surface area contributed by atoms with E-state index in [0.717, 1.165) is 18.3 Å². The van der Waals surface area contributed by atoms with E-state index in [9.17, 15) is 4.79 Å². The van der Waals surface area contributed by atoms with Gasteiger partial charge in [-0.2, -0.15) is 0 Å². The molecule has 1 fully saturated rings. The summed E-state index contributed by atoms with van der Waals surface area (Å²) < 4.78 is 5.03. The molecule has 1 aromatic rings. The first-order chi connectivity index (χ1) is 9.52. The minimum absolute atomic E-state index is 0.335. The van der Waals surface area contributed by atoms with Crippen LogP contribution in [0.5, 0.6) is 0 Å². The molecular weight excluding hydrogens is 254 g/mol. The van der Waals surface area contributed by atoms with Crippen molar-refractivity contribution in [3.05, 3.63) is 17.8 Å². The average molecular weight is 277 g/mol. The van der Waals surface area contributed by atoms with E-state index in [0.29, 0.717) is 23.9 Å². The summed E-state index contributed by atoms with van der Waals surface area (Å²) in [5, 5.41) is 0. The number of aromatic nitrogens is 1. The number of carbonyl (C=O) groups is 1. The van der Waals surface area contributed by atoms with Crippen LogP contribution in [0.4, 0.5) is 11.5 Å². The van der Waals surface area contributed by atoms with Crippen LogP contribution in [-0.2, 0) is 4.74 Å². The zero-order valence-corrected chi connectivity index (χ0v) is 12.4. The van der Waals surface area contributed by atoms with Crippen molar-refractivity contribution in [2.75, 3.05) is 23.8 Å². The second-order valence-corrected chi connectivity index (χ2v) is 5.54. The van der Waals surface area contributed by atoms with Gasteiger partial charge in [0.15, 0.2) is 0 Å². The molecule has 110 valence electrons. The maximum Gasteiger partial charge on any atom is 0.340 e. The first kappa shape index (κ1) is 14.6. The lowest BCUT2D eigenvalue weighted by Crippen LogP contribution is -2.33. The number of carbonyl (C=O) groups excluding carboxylic acids is 1. The fourth-order valence-electron chi connectivity index (χ4n) is 2.15. The van der Waals surface area contributed by atoms with E-state index in [2.05, 4.69) is 23.7 Å². The summed E-state index contributed by atoms with van der Waals surface area (Å²) in [4.78, 5) is 18.5. The van der Waals surface area contributed by atoms with Crippen molar-refractivity contribution < 1.29 is 9.53 Å². The number of nitrogens with zero attached hydrogens (tertiary/aromatic N) is 2. The summed E-state index contributed by atoms with van der Waals surface area (Å²) in [5.41, 5.74) is 6.59. The fourth-order valence-corrected chi connectivity index (χ4v) is 2.15. The van der Waals surface area contributed by atoms with Gasteiger partial charge in [0.1, 0.15) is 5.82 Å². The van der Waals surface area contributed by atoms with Crippen LogP contribution < -0.4 is 10.6 Å². The van der Waals surface area contributed by atoms with E-state index >= 15 is 0 Å². The number of anilines is 2. The van der Waals surface area contributed by atoms with Crippen LogP contribution in [0.25, 0.3) is 0 Å². The monoisotopic (exact) mass is 277 g/mol. The molecule has 0 aliphatic heterocycles. The van der Waals surface area contributed by atoms with Crippen molar-refractivity contribution in [1.82, 2.24) is 4.98 Å². The number of esters is 1. The van der Waals surface area contributed by atoms with Crippen molar-refractivity contribution >= 4 is 17.5 Å². The Morgan fingerprint density at radius 1 is 1.55 bits per heavy atom. The van der Waals surface area contributed by atoms with Gasteiger partial charge < -0.3 is 15.4 Å². The third kappa shape index (κ3) is 3.40. The number of hydrogen-bond donors (Lipinski definition) is 1. The summed E-state index contributed by atoms with van der Waals surface area (Å²) in [7, 11) is 0. The Hall–Kier alpha value is -1.78. The highest BCUT2D eigenvalue weighted by molar-refractivity contribution is 5.95. The fraction of sp³-hybridized carbons (Fsp3) is 0.600. The third-order valence-corrected chi connectivity index (χ3v) is 3.49. The van der Waals surface area contributed by atoms with Crippen LogP contribution in [0.3, 0.4) is 0 Å². The molecule has 1 aliphatic carbocycles. The first-order valence-corrected chi connectivity index (χ1v) is 7.22. The Labute approximate surface area is 120 Å². The van der Waals surface area contributed by atoms with Gasteiger partial charge in [-0.1, -0.05) is 0 Å². The van der Waals surface area contributed by atoms with Gasteiger partial charge in [0.25, 0.3) is 0 Å². The van der Waals surface area contributed by atoms with Gasteiger partial charge in [0, 0.05) is 12.6 Å². The zero-order chi connectivity index (χ0) is 14.7. The van der Waals surface area contributed by atoms with Gasteiger partial charge in [0.2, 0.25) is 0 Å². The standard InChI is InChI=1S/C15H23N3O2/c1-4-20-15(19)12-7-14(17-8-13(12)16)18(10(2)3)9-11-5-6-11/h7-8,10-11H,4-6,9,16H2,1-3H3. The van der Waals surface area contributed by atoms with E-state index in [1.54, 1.807) is 19.2 Å². The van der Waals surface area contributed by atoms with Crippen LogP contribution in [0.1, 0.15) is 44.0 Å². The Balaban J connectivity index is 2.25. The topological polar surface area (TPSA) is 68.5 Å². The first-order valence-electron chi connectivity index (χ1n) is 7.22. The summed E-state index contributed by atoms with van der Waals surface area (Å²) in [6.07, 6.45) is 4.11. The SMILES string of the molecule is CCOC(=O)c1cc(N(CC2CC2)C(C)C)ncc1N. The second-order valence-electron chi connectivity index (χ2n) is 5.54. The molecule has 1 aliphatic rings. The van der Waals surface area contributed by atoms with Gasteiger partial charge in [-0.15, -0.1) is 0 Å². The molecule has 0 saturated heterocycles. The summed E-state index contributed by atoms with van der Waals surface area (Å²) in [6, 6.07) is 2.08. The van der Waals surface area contributed by atoms with Crippen molar-refractivity contribution in [1.29, 1.82) is 0 Å². The molecule has 1 aromatic heterocycles. The molecule has 2 N–H and O–H groups in total. The molecule has 5 heteroatoms. The molecule has 0 unspecified atom stereocenters. The number of nitrogens with two attached hydrogens (primary N) is 1. The van der Waals surface area contributed by atoms with E-state index in [1.807, 2.05) is 0 Å². The molecule has 5 nitrogen and oxygen atoms in total. The predicted octanol–water partition coefficient (Wildman–Crippen LogP) is 2.47. The Kier molecular flexibility index (Phi) is 4.47. The Bertz CT molecular complexity index is 484. The van der Waals surface area contributed by atoms with E-state index in [1.165, 1.54) is 12.8 Å². The van der Waals surface area contributed by atoms with Crippen LogP contribution in [0.15, 0.2) is 12.3 Å². The highest BCUT2D eigenvalue weighted by atomic mass is 16.5. The Morgan fingerprint density at radius 3 is 2.80 bits per heavy atom. The molecule has 20 heavy (non-hydrogen) atoms. The average Bonchev–Trinajstić information content (AvgIpc) is 3.21. The minimum atomic E-state index is -0.385. The molecule has 0 amide bonds. The lowest BCUT2D eigenvalue weighted by atomic mass is 10.2. The third-order valence-electron chi connectivity index (χ3n) is 3.49. The van der Waals surface area contributed by atoms with E-state index in [4.69, 9.17) is 10.5 Å². The van der Waals surface area contributed by atoms with Crippen LogP contribution in [-0.4, -0.2) is 30.1 Å². The molecule has 0 aromatic carbocycles. The number of nitrogen functional groups attached to an aromatic ring is 1. The van der Waals surface area contributed by atoms with Gasteiger partial charge in [-0.3, -0.25) is 0 Å². The smallest absolute Gasteiger partial charge is 0.340 e. The van der Waals surface area contributed by atoms with Crippen molar-refractivity contribution in [2.45, 2.75) is 39.7 Å². The highest BCUT2D eigenvalue weighted by Gasteiger charge is 2.27. The zero-order valence-electron chi connectivity index (χ0n) is 12.4. The maximum absolute atomic E-state index is 11.9. The van der Waals surface area contributed by atoms with Gasteiger partial charge in [-0.05, 0) is 45.6 Å². The number of hydrogen-bond acceptors (Lipinski definition) is 5. The van der Waals surface area contributed by atoms with Crippen LogP contribution in [0, 0.1) is 5.92 Å². The maximum atomic E-state index is 11.9. The molecule has 0 bridgehead atoms. The largest absolute Gasteiger partial charge is 0.462 e. The summed E-state index contributed by atoms with van der Waals surface area (Å²) >= 11 is 0. The summed E-state index contributed by atoms with van der Waals surface area (Å²) in [5.74, 6) is 1.16. The van der Waals surface area contributed by atoms with Gasteiger partial charge >= 0.3 is 5.97 Å². The second kappa shape index (κ2) is 6.11. The molecule has 0 spiro atoms. The van der Waals surface area contributed by atoms with E-state index < -0.39 is 0 Å². The predicted molar refractivity (Wildman–Crippen MR) is 79.8 cm³/mol. The van der Waals surface area contributed by atoms with Crippen molar-refractivity contribution in [2.24, 2.45) is 5.92 Å². The molecule has 0 radical (unpaired) electrons. The molecular formula is C15H23N3O2. The van der Waals surface area contributed by atoms with Gasteiger partial charge in [0.05, 0.1) is 24.1 Å². The van der Waals surface area contributed by atoms with Crippen molar-refractivity contribution in [3.63, 3.8) is 0 Å². The minimum Gasteiger partial charge on any atom is -0.462 e. The molecule has 2 rings (SSSR count). The number of ether oxygens (including phenoxy) is 1. The number of pyridine rings is 1. The Morgan fingerprint density at radius 2 is 2.25 bits per heavy atom.